The van der Waals surface area contributed by atoms with Crippen LogP contribution in [0.25, 0.3) is 45.3 Å². The SMILES string of the molecule is O=S1(=O)c2ccccc2C(c2ccccc2)(c2ccc(-c3nc(-c4ccccc4)nc(-c4ccc(-c5ccccc5)cc4)n3)cc2)c2ccccc21. The van der Waals surface area contributed by atoms with Crippen molar-refractivity contribution in [2.24, 2.45) is 0 Å². The van der Waals surface area contributed by atoms with E-state index in [1.807, 2.05) is 103 Å². The third kappa shape index (κ3) is 5.15. The monoisotopic (exact) mass is 689 g/mol. The molecule has 0 N–H and O–H groups in total. The maximum Gasteiger partial charge on any atom is 0.207 e. The van der Waals surface area contributed by atoms with Crippen LogP contribution in [0.1, 0.15) is 22.3 Å². The van der Waals surface area contributed by atoms with Crippen molar-refractivity contribution in [2.75, 3.05) is 0 Å². The molecule has 0 spiro atoms. The van der Waals surface area contributed by atoms with Crippen LogP contribution < -0.4 is 0 Å². The summed E-state index contributed by atoms with van der Waals surface area (Å²) in [6.07, 6.45) is 0. The van der Waals surface area contributed by atoms with Crippen molar-refractivity contribution in [1.29, 1.82) is 0 Å². The zero-order valence-corrected chi connectivity index (χ0v) is 28.8. The van der Waals surface area contributed by atoms with Crippen molar-refractivity contribution in [3.63, 3.8) is 0 Å². The molecule has 0 bridgehead atoms. The van der Waals surface area contributed by atoms with E-state index < -0.39 is 15.3 Å². The van der Waals surface area contributed by atoms with Gasteiger partial charge < -0.3 is 0 Å². The summed E-state index contributed by atoms with van der Waals surface area (Å²) in [5.74, 6) is 1.70. The van der Waals surface area contributed by atoms with Gasteiger partial charge in [0.15, 0.2) is 17.5 Å². The average Bonchev–Trinajstić information content (AvgIpc) is 3.22. The largest absolute Gasteiger partial charge is 0.218 e. The second-order valence-corrected chi connectivity index (χ2v) is 14.7. The fraction of sp³-hybridized carbons (Fsp3) is 0.0217. The summed E-state index contributed by atoms with van der Waals surface area (Å²) in [6, 6.07) is 61.6. The molecule has 0 radical (unpaired) electrons. The summed E-state index contributed by atoms with van der Waals surface area (Å²) >= 11 is 0. The predicted octanol–water partition coefficient (Wildman–Crippen LogP) is 10.1. The number of rotatable bonds is 6. The third-order valence-corrected chi connectivity index (χ3v) is 11.7. The molecule has 2 heterocycles. The molecular weight excluding hydrogens is 659 g/mol. The first-order chi connectivity index (χ1) is 25.5. The fourth-order valence-electron chi connectivity index (χ4n) is 7.42. The molecule has 248 valence electrons. The molecule has 0 saturated carbocycles. The summed E-state index contributed by atoms with van der Waals surface area (Å²) in [4.78, 5) is 15.5. The van der Waals surface area contributed by atoms with Crippen LogP contribution in [0.3, 0.4) is 0 Å². The highest BCUT2D eigenvalue weighted by atomic mass is 32.2. The average molecular weight is 690 g/mol. The lowest BCUT2D eigenvalue weighted by molar-refractivity contribution is 0.579. The van der Waals surface area contributed by atoms with Crippen molar-refractivity contribution < 1.29 is 8.42 Å². The number of fused-ring (bicyclic) bond motifs is 2. The molecule has 0 unspecified atom stereocenters. The molecule has 8 aromatic rings. The van der Waals surface area contributed by atoms with Crippen LogP contribution in [0.5, 0.6) is 0 Å². The minimum atomic E-state index is -3.75. The van der Waals surface area contributed by atoms with Gasteiger partial charge in [0.05, 0.1) is 15.2 Å². The molecular formula is C46H31N3O2S. The first-order valence-electron chi connectivity index (χ1n) is 17.1. The van der Waals surface area contributed by atoms with Crippen LogP contribution in [0, 0.1) is 0 Å². The second-order valence-electron chi connectivity index (χ2n) is 12.8. The minimum absolute atomic E-state index is 0.314. The van der Waals surface area contributed by atoms with E-state index >= 15 is 0 Å². The van der Waals surface area contributed by atoms with Crippen molar-refractivity contribution in [3.8, 4) is 45.3 Å². The maximum absolute atomic E-state index is 14.1. The minimum Gasteiger partial charge on any atom is -0.218 e. The Kier molecular flexibility index (Phi) is 7.67. The standard InChI is InChI=1S/C46H31N3O2S/c50-52(51)41-22-12-10-20-39(41)46(37-18-8-3-9-19-37,40-21-11-13-23-42(40)52)38-30-28-36(29-31-38)45-48-43(34-16-6-2-7-17-34)47-44(49-45)35-26-24-33(25-27-35)32-14-4-1-5-15-32/h1-31H. The number of benzene rings is 7. The lowest BCUT2D eigenvalue weighted by Gasteiger charge is -2.41. The first-order valence-corrected chi connectivity index (χ1v) is 18.6. The second kappa shape index (κ2) is 12.7. The Morgan fingerprint density at radius 2 is 0.654 bits per heavy atom. The van der Waals surface area contributed by atoms with Gasteiger partial charge in [0.25, 0.3) is 0 Å². The highest BCUT2D eigenvalue weighted by Gasteiger charge is 2.48. The van der Waals surface area contributed by atoms with Crippen molar-refractivity contribution in [3.05, 3.63) is 210 Å². The Hall–Kier alpha value is -6.50. The van der Waals surface area contributed by atoms with E-state index in [-0.39, 0.29) is 0 Å². The number of aromatic nitrogens is 3. The lowest BCUT2D eigenvalue weighted by atomic mass is 9.65. The summed E-state index contributed by atoms with van der Waals surface area (Å²) in [5.41, 5.74) is 7.32. The number of hydrogen-bond donors (Lipinski definition) is 0. The maximum atomic E-state index is 14.1. The third-order valence-electron chi connectivity index (χ3n) is 9.86. The van der Waals surface area contributed by atoms with Crippen molar-refractivity contribution >= 4 is 9.84 Å². The van der Waals surface area contributed by atoms with E-state index in [4.69, 9.17) is 15.0 Å². The Balaban J connectivity index is 1.21. The van der Waals surface area contributed by atoms with E-state index in [1.165, 1.54) is 0 Å². The van der Waals surface area contributed by atoms with E-state index in [0.29, 0.717) is 27.3 Å². The van der Waals surface area contributed by atoms with Crippen LogP contribution in [0.2, 0.25) is 0 Å². The highest BCUT2D eigenvalue weighted by molar-refractivity contribution is 7.91. The zero-order valence-electron chi connectivity index (χ0n) is 28.0. The van der Waals surface area contributed by atoms with Gasteiger partial charge in [-0.05, 0) is 45.5 Å². The van der Waals surface area contributed by atoms with Gasteiger partial charge in [-0.15, -0.1) is 0 Å². The molecule has 7 aromatic carbocycles. The quantitative estimate of drug-likeness (QED) is 0.174. The Morgan fingerprint density at radius 3 is 1.15 bits per heavy atom. The van der Waals surface area contributed by atoms with Crippen LogP contribution in [-0.2, 0) is 15.3 Å². The zero-order chi connectivity index (χ0) is 35.1. The topological polar surface area (TPSA) is 72.8 Å². The smallest absolute Gasteiger partial charge is 0.207 e. The van der Waals surface area contributed by atoms with Crippen LogP contribution in [0.4, 0.5) is 0 Å². The summed E-state index contributed by atoms with van der Waals surface area (Å²) < 4.78 is 28.1. The molecule has 1 aliphatic rings. The normalized spacial score (nSPS) is 13.8. The summed E-state index contributed by atoms with van der Waals surface area (Å²) in [6.45, 7) is 0. The Labute approximate surface area is 302 Å². The highest BCUT2D eigenvalue weighted by Crippen LogP contribution is 2.53. The molecule has 6 heteroatoms. The molecule has 1 aromatic heterocycles. The number of sulfone groups is 1. The van der Waals surface area contributed by atoms with Gasteiger partial charge in [0.2, 0.25) is 9.84 Å². The van der Waals surface area contributed by atoms with Gasteiger partial charge in [-0.2, -0.15) is 0 Å². The Morgan fingerprint density at radius 1 is 0.327 bits per heavy atom. The van der Waals surface area contributed by atoms with E-state index in [0.717, 1.165) is 50.1 Å². The van der Waals surface area contributed by atoms with Gasteiger partial charge in [-0.25, -0.2) is 23.4 Å². The molecule has 0 aliphatic carbocycles. The van der Waals surface area contributed by atoms with Gasteiger partial charge in [-0.3, -0.25) is 0 Å². The predicted molar refractivity (Wildman–Crippen MR) is 205 cm³/mol. The fourth-order valence-corrected chi connectivity index (χ4v) is 9.20. The van der Waals surface area contributed by atoms with Crippen molar-refractivity contribution in [2.45, 2.75) is 15.2 Å². The van der Waals surface area contributed by atoms with Crippen LogP contribution in [0.15, 0.2) is 198 Å². The molecule has 0 atom stereocenters. The molecule has 0 saturated heterocycles. The van der Waals surface area contributed by atoms with Gasteiger partial charge in [0.1, 0.15) is 0 Å². The molecule has 0 amide bonds. The van der Waals surface area contributed by atoms with Gasteiger partial charge in [0, 0.05) is 16.7 Å². The van der Waals surface area contributed by atoms with Crippen molar-refractivity contribution in [1.82, 2.24) is 15.0 Å². The number of nitrogens with zero attached hydrogens (tertiary/aromatic N) is 3. The van der Waals surface area contributed by atoms with E-state index in [2.05, 4.69) is 60.7 Å². The summed E-state index contributed by atoms with van der Waals surface area (Å²) in [7, 11) is -3.75. The van der Waals surface area contributed by atoms with Crippen LogP contribution in [-0.4, -0.2) is 23.4 Å². The first kappa shape index (κ1) is 31.5. The molecule has 5 nitrogen and oxygen atoms in total. The molecule has 0 fully saturated rings. The Bertz CT molecular complexity index is 2610. The molecule has 1 aliphatic heterocycles. The lowest BCUT2D eigenvalue weighted by Crippen LogP contribution is -2.37. The number of hydrogen-bond acceptors (Lipinski definition) is 5. The van der Waals surface area contributed by atoms with E-state index in [1.54, 1.807) is 24.3 Å². The molecule has 9 rings (SSSR count). The van der Waals surface area contributed by atoms with Crippen LogP contribution >= 0.6 is 0 Å². The van der Waals surface area contributed by atoms with Gasteiger partial charge in [-0.1, -0.05) is 176 Å². The van der Waals surface area contributed by atoms with E-state index in [9.17, 15) is 8.42 Å². The summed E-state index contributed by atoms with van der Waals surface area (Å²) in [5, 5.41) is 0. The molecule has 52 heavy (non-hydrogen) atoms. The van der Waals surface area contributed by atoms with Gasteiger partial charge >= 0.3 is 0 Å².